The maximum Gasteiger partial charge on any atom is 0.251 e. The van der Waals surface area contributed by atoms with Gasteiger partial charge >= 0.3 is 0 Å². The van der Waals surface area contributed by atoms with Crippen LogP contribution in [0.15, 0.2) is 42.6 Å². The van der Waals surface area contributed by atoms with Crippen LogP contribution in [-0.2, 0) is 0 Å². The second kappa shape index (κ2) is 8.12. The molecular formula is C20H26N2O3. The molecule has 0 saturated carbocycles. The van der Waals surface area contributed by atoms with E-state index < -0.39 is 5.60 Å². The molecule has 1 aromatic carbocycles. The third kappa shape index (κ3) is 4.57. The first kappa shape index (κ1) is 18.9. The first-order valence-electron chi connectivity index (χ1n) is 8.49. The molecule has 134 valence electrons. The summed E-state index contributed by atoms with van der Waals surface area (Å²) in [6.45, 7) is 5.93. The lowest BCUT2D eigenvalue weighted by Crippen LogP contribution is -2.45. The van der Waals surface area contributed by atoms with E-state index >= 15 is 0 Å². The normalized spacial score (nSPS) is 14.4. The molecule has 0 saturated heterocycles. The van der Waals surface area contributed by atoms with Crippen LogP contribution in [0.1, 0.15) is 37.6 Å². The molecule has 0 spiro atoms. The number of carbonyl (C=O) groups is 1. The van der Waals surface area contributed by atoms with E-state index in [1.54, 1.807) is 38.4 Å². The van der Waals surface area contributed by atoms with Crippen LogP contribution in [-0.4, -0.2) is 35.3 Å². The van der Waals surface area contributed by atoms with Gasteiger partial charge < -0.3 is 15.2 Å². The van der Waals surface area contributed by atoms with E-state index in [0.717, 1.165) is 17.7 Å². The van der Waals surface area contributed by atoms with Gasteiger partial charge in [0, 0.05) is 23.9 Å². The molecule has 2 N–H and O–H groups in total. The summed E-state index contributed by atoms with van der Waals surface area (Å²) in [7, 11) is 1.59. The van der Waals surface area contributed by atoms with Crippen LogP contribution in [0, 0.1) is 5.92 Å². The van der Waals surface area contributed by atoms with E-state index in [1.165, 1.54) is 0 Å². The van der Waals surface area contributed by atoms with Gasteiger partial charge in [0.1, 0.15) is 5.75 Å². The van der Waals surface area contributed by atoms with Crippen LogP contribution in [0.2, 0.25) is 0 Å². The molecule has 2 aromatic rings. The fourth-order valence-corrected chi connectivity index (χ4v) is 2.55. The smallest absolute Gasteiger partial charge is 0.251 e. The summed E-state index contributed by atoms with van der Waals surface area (Å²) in [5.41, 5.74) is 1.05. The van der Waals surface area contributed by atoms with Crippen molar-refractivity contribution < 1.29 is 14.6 Å². The molecule has 0 bridgehead atoms. The van der Waals surface area contributed by atoms with Crippen LogP contribution in [0.3, 0.4) is 0 Å². The Morgan fingerprint density at radius 1 is 1.36 bits per heavy atom. The van der Waals surface area contributed by atoms with Gasteiger partial charge in [0.05, 0.1) is 18.4 Å². The van der Waals surface area contributed by atoms with Crippen molar-refractivity contribution in [3.8, 4) is 17.0 Å². The lowest BCUT2D eigenvalue weighted by molar-refractivity contribution is 0.00592. The number of hydrogen-bond donors (Lipinski definition) is 2. The molecule has 5 nitrogen and oxygen atoms in total. The Morgan fingerprint density at radius 2 is 2.12 bits per heavy atom. The molecular weight excluding hydrogens is 316 g/mol. The second-order valence-electron chi connectivity index (χ2n) is 6.48. The van der Waals surface area contributed by atoms with Gasteiger partial charge in [-0.1, -0.05) is 26.3 Å². The number of benzene rings is 1. The minimum absolute atomic E-state index is 0.0905. The topological polar surface area (TPSA) is 71.5 Å². The Kier molecular flexibility index (Phi) is 6.15. The first-order valence-corrected chi connectivity index (χ1v) is 8.49. The highest BCUT2D eigenvalue weighted by molar-refractivity contribution is 5.96. The summed E-state index contributed by atoms with van der Waals surface area (Å²) < 4.78 is 5.38. The summed E-state index contributed by atoms with van der Waals surface area (Å²) in [5, 5.41) is 13.3. The van der Waals surface area contributed by atoms with Crippen molar-refractivity contribution in [3.05, 3.63) is 48.2 Å². The number of nitrogens with zero attached hydrogens (tertiary/aromatic N) is 1. The number of carbonyl (C=O) groups excluding carboxylic acids is 1. The fourth-order valence-electron chi connectivity index (χ4n) is 2.55. The van der Waals surface area contributed by atoms with Crippen LogP contribution >= 0.6 is 0 Å². The van der Waals surface area contributed by atoms with Gasteiger partial charge in [-0.15, -0.1) is 0 Å². The van der Waals surface area contributed by atoms with Crippen molar-refractivity contribution in [1.29, 1.82) is 0 Å². The number of aromatic nitrogens is 1. The van der Waals surface area contributed by atoms with Crippen LogP contribution in [0.4, 0.5) is 0 Å². The molecule has 25 heavy (non-hydrogen) atoms. The first-order chi connectivity index (χ1) is 11.9. The average Bonchev–Trinajstić information content (AvgIpc) is 2.65. The summed E-state index contributed by atoms with van der Waals surface area (Å²) in [5.74, 6) is 0.512. The van der Waals surface area contributed by atoms with Crippen molar-refractivity contribution in [3.63, 3.8) is 0 Å². The third-order valence-corrected chi connectivity index (χ3v) is 4.68. The second-order valence-corrected chi connectivity index (χ2v) is 6.48. The number of rotatable bonds is 7. The monoisotopic (exact) mass is 342 g/mol. The number of nitrogens with one attached hydrogen (secondary N) is 1. The Labute approximate surface area is 149 Å². The SMILES string of the molecule is CCC(C)C(C)(O)CNC(=O)c1ccc(OC)c(-c2ccccn2)c1. The standard InChI is InChI=1S/C20H26N2O3/c1-5-14(2)20(3,24)13-22-19(23)15-9-10-18(25-4)16(12-15)17-8-6-7-11-21-17/h6-12,14,24H,5,13H2,1-4H3,(H,22,23). The summed E-state index contributed by atoms with van der Waals surface area (Å²) in [6.07, 6.45) is 2.54. The van der Waals surface area contributed by atoms with Crippen LogP contribution in [0.5, 0.6) is 5.75 Å². The zero-order valence-electron chi connectivity index (χ0n) is 15.2. The summed E-state index contributed by atoms with van der Waals surface area (Å²) in [6, 6.07) is 10.8. The van der Waals surface area contributed by atoms with Gasteiger partial charge in [-0.2, -0.15) is 0 Å². The molecule has 0 aliphatic heterocycles. The molecule has 0 fully saturated rings. The van der Waals surface area contributed by atoms with Crippen molar-refractivity contribution >= 4 is 5.91 Å². The molecule has 1 amide bonds. The number of amides is 1. The van der Waals surface area contributed by atoms with E-state index in [9.17, 15) is 9.90 Å². The number of methoxy groups -OCH3 is 1. The van der Waals surface area contributed by atoms with Crippen molar-refractivity contribution in [1.82, 2.24) is 10.3 Å². The number of ether oxygens (including phenoxy) is 1. The number of aliphatic hydroxyl groups is 1. The predicted octanol–water partition coefficient (Wildman–Crippen LogP) is 3.28. The molecule has 5 heteroatoms. The average molecular weight is 342 g/mol. The van der Waals surface area contributed by atoms with E-state index in [2.05, 4.69) is 10.3 Å². The van der Waals surface area contributed by atoms with Gasteiger partial charge in [-0.05, 0) is 43.2 Å². The Hall–Kier alpha value is -2.40. The zero-order chi connectivity index (χ0) is 18.4. The Bertz CT molecular complexity index is 714. The van der Waals surface area contributed by atoms with Crippen LogP contribution < -0.4 is 10.1 Å². The molecule has 1 heterocycles. The predicted molar refractivity (Wildman–Crippen MR) is 98.6 cm³/mol. The molecule has 0 aliphatic rings. The largest absolute Gasteiger partial charge is 0.496 e. The molecule has 1 aromatic heterocycles. The van der Waals surface area contributed by atoms with Crippen LogP contribution in [0.25, 0.3) is 11.3 Å². The Balaban J connectivity index is 2.21. The van der Waals surface area contributed by atoms with Crippen molar-refractivity contribution in [2.75, 3.05) is 13.7 Å². The minimum Gasteiger partial charge on any atom is -0.496 e. The summed E-state index contributed by atoms with van der Waals surface area (Å²) in [4.78, 5) is 16.8. The third-order valence-electron chi connectivity index (χ3n) is 4.68. The van der Waals surface area contributed by atoms with E-state index in [0.29, 0.717) is 11.3 Å². The van der Waals surface area contributed by atoms with E-state index in [-0.39, 0.29) is 18.4 Å². The quantitative estimate of drug-likeness (QED) is 0.810. The Morgan fingerprint density at radius 3 is 2.72 bits per heavy atom. The van der Waals surface area contributed by atoms with Crippen molar-refractivity contribution in [2.24, 2.45) is 5.92 Å². The van der Waals surface area contributed by atoms with E-state index in [1.807, 2.05) is 32.0 Å². The molecule has 2 unspecified atom stereocenters. The lowest BCUT2D eigenvalue weighted by atomic mass is 9.88. The van der Waals surface area contributed by atoms with Gasteiger partial charge in [0.15, 0.2) is 0 Å². The zero-order valence-corrected chi connectivity index (χ0v) is 15.2. The minimum atomic E-state index is -0.944. The number of pyridine rings is 1. The fraction of sp³-hybridized carbons (Fsp3) is 0.400. The highest BCUT2D eigenvalue weighted by Gasteiger charge is 2.27. The van der Waals surface area contributed by atoms with Crippen molar-refractivity contribution in [2.45, 2.75) is 32.8 Å². The van der Waals surface area contributed by atoms with Gasteiger partial charge in [-0.25, -0.2) is 0 Å². The molecule has 2 atom stereocenters. The van der Waals surface area contributed by atoms with Gasteiger partial charge in [0.25, 0.3) is 5.91 Å². The summed E-state index contributed by atoms with van der Waals surface area (Å²) >= 11 is 0. The lowest BCUT2D eigenvalue weighted by Gasteiger charge is -2.29. The molecule has 0 aliphatic carbocycles. The highest BCUT2D eigenvalue weighted by Crippen LogP contribution is 2.29. The molecule has 2 rings (SSSR count). The maximum atomic E-state index is 12.5. The highest BCUT2D eigenvalue weighted by atomic mass is 16.5. The maximum absolute atomic E-state index is 12.5. The van der Waals surface area contributed by atoms with Gasteiger partial charge in [-0.3, -0.25) is 9.78 Å². The van der Waals surface area contributed by atoms with E-state index in [4.69, 9.17) is 4.74 Å². The molecule has 0 radical (unpaired) electrons. The number of hydrogen-bond acceptors (Lipinski definition) is 4. The van der Waals surface area contributed by atoms with Gasteiger partial charge in [0.2, 0.25) is 0 Å².